The quantitative estimate of drug-likeness (QED) is 0.449. The van der Waals surface area contributed by atoms with E-state index in [1.165, 1.54) is 5.70 Å². The van der Waals surface area contributed by atoms with Crippen LogP contribution in [0.1, 0.15) is 82.1 Å². The van der Waals surface area contributed by atoms with Gasteiger partial charge in [0.15, 0.2) is 0 Å². The average molecular weight is 543 g/mol. The van der Waals surface area contributed by atoms with Crippen LogP contribution in [-0.4, -0.2) is 35.2 Å². The molecule has 0 aromatic heterocycles. The Hall–Kier alpha value is -3.12. The zero-order chi connectivity index (χ0) is 28.1. The molecule has 3 aliphatic carbocycles. The first kappa shape index (κ1) is 27.1. The lowest BCUT2D eigenvalue weighted by molar-refractivity contribution is -0.136. The van der Waals surface area contributed by atoms with Gasteiger partial charge in [0.25, 0.3) is 0 Å². The molecule has 6 heteroatoms. The summed E-state index contributed by atoms with van der Waals surface area (Å²) in [6, 6.07) is 18.4. The number of allylic oxidation sites excluding steroid dienone is 2. The fraction of sp³-hybridized carbons (Fsp3) is 0.529. The van der Waals surface area contributed by atoms with Crippen LogP contribution in [0.15, 0.2) is 72.4 Å². The number of hydrogen-bond acceptors (Lipinski definition) is 4. The first-order valence-corrected chi connectivity index (χ1v) is 14.9. The molecule has 212 valence electrons. The number of hydrogen-bond donors (Lipinski definition) is 2. The number of alkyl carbamates (subject to hydrolysis) is 1. The third kappa shape index (κ3) is 4.45. The van der Waals surface area contributed by atoms with Crippen molar-refractivity contribution in [1.29, 1.82) is 0 Å². The van der Waals surface area contributed by atoms with Crippen LogP contribution in [0.3, 0.4) is 0 Å². The largest absolute Gasteiger partial charge is 0.446 e. The highest BCUT2D eigenvalue weighted by atomic mass is 16.6. The molecule has 2 N–H and O–H groups in total. The van der Waals surface area contributed by atoms with E-state index < -0.39 is 18.2 Å². The number of fused-ring (bicyclic) bond motifs is 5. The zero-order valence-corrected chi connectivity index (χ0v) is 23.9. The minimum atomic E-state index is -0.900. The second-order valence-corrected chi connectivity index (χ2v) is 13.0. The molecule has 1 aliphatic heterocycles. The first-order chi connectivity index (χ1) is 19.2. The molecule has 2 unspecified atom stereocenters. The van der Waals surface area contributed by atoms with Crippen LogP contribution in [0.2, 0.25) is 0 Å². The van der Waals surface area contributed by atoms with E-state index >= 15 is 0 Å². The van der Waals surface area contributed by atoms with E-state index in [9.17, 15) is 14.7 Å². The molecule has 6 nitrogen and oxygen atoms in total. The summed E-state index contributed by atoms with van der Waals surface area (Å²) in [6.07, 6.45) is 7.38. The minimum Gasteiger partial charge on any atom is -0.446 e. The van der Waals surface area contributed by atoms with Gasteiger partial charge in [0.2, 0.25) is 5.91 Å². The zero-order valence-electron chi connectivity index (χ0n) is 23.9. The predicted octanol–water partition coefficient (Wildman–Crippen LogP) is 6.54. The Kier molecular flexibility index (Phi) is 7.02. The molecule has 2 aromatic carbocycles. The number of aliphatic hydroxyl groups excluding tert-OH is 1. The molecular weight excluding hydrogens is 500 g/mol. The Labute approximate surface area is 237 Å². The molecular formula is C34H42N2O4. The van der Waals surface area contributed by atoms with E-state index in [0.717, 1.165) is 49.7 Å². The standard InChI is InChI=1S/C34H42N2O4/c1-33-21-19-29(37)36(3)27(33)16-14-24-25-15-17-28(34(25,2)20-18-26(24)33)40-32(39)35-30(22-10-6-4-7-11-22)31(38)23-12-8-5-9-13-23/h4-13,16,24-26,28,30-31,38H,14-15,17-21H2,1-3H3,(H,35,39)/t24-,25-,26-,28-,30?,31?,33+,34-/m0/s1. The Morgan fingerprint density at radius 1 is 0.975 bits per heavy atom. The normalized spacial score (nSPS) is 34.5. The van der Waals surface area contributed by atoms with Gasteiger partial charge in [-0.25, -0.2) is 4.79 Å². The maximum absolute atomic E-state index is 13.4. The van der Waals surface area contributed by atoms with Crippen molar-refractivity contribution in [3.05, 3.63) is 83.6 Å². The first-order valence-electron chi connectivity index (χ1n) is 14.9. The topological polar surface area (TPSA) is 78.9 Å². The van der Waals surface area contributed by atoms with E-state index in [0.29, 0.717) is 24.2 Å². The van der Waals surface area contributed by atoms with Gasteiger partial charge >= 0.3 is 6.09 Å². The van der Waals surface area contributed by atoms with Crippen LogP contribution < -0.4 is 5.32 Å². The molecule has 8 atom stereocenters. The van der Waals surface area contributed by atoms with Gasteiger partial charge in [-0.2, -0.15) is 0 Å². The Morgan fingerprint density at radius 3 is 2.35 bits per heavy atom. The number of amides is 2. The van der Waals surface area contributed by atoms with Gasteiger partial charge in [0.05, 0.1) is 6.04 Å². The molecule has 1 saturated heterocycles. The van der Waals surface area contributed by atoms with E-state index in [2.05, 4.69) is 25.2 Å². The van der Waals surface area contributed by atoms with Gasteiger partial charge in [-0.1, -0.05) is 80.6 Å². The van der Waals surface area contributed by atoms with Crippen molar-refractivity contribution in [3.63, 3.8) is 0 Å². The highest BCUT2D eigenvalue weighted by Gasteiger charge is 2.60. The van der Waals surface area contributed by atoms with Crippen molar-refractivity contribution >= 4 is 12.0 Å². The maximum Gasteiger partial charge on any atom is 0.408 e. The second-order valence-electron chi connectivity index (χ2n) is 13.0. The van der Waals surface area contributed by atoms with E-state index in [4.69, 9.17) is 4.74 Å². The Bertz CT molecular complexity index is 1280. The van der Waals surface area contributed by atoms with Crippen LogP contribution in [0, 0.1) is 28.6 Å². The Balaban J connectivity index is 1.18. The van der Waals surface area contributed by atoms with Crippen molar-refractivity contribution < 1.29 is 19.4 Å². The number of piperidine rings is 1. The summed E-state index contributed by atoms with van der Waals surface area (Å²) in [5.74, 6) is 1.82. The lowest BCUT2D eigenvalue weighted by Crippen LogP contribution is -2.54. The summed E-state index contributed by atoms with van der Waals surface area (Å²) < 4.78 is 6.24. The highest BCUT2D eigenvalue weighted by Crippen LogP contribution is 2.64. The molecule has 0 spiro atoms. The monoisotopic (exact) mass is 542 g/mol. The summed E-state index contributed by atoms with van der Waals surface area (Å²) >= 11 is 0. The third-order valence-electron chi connectivity index (χ3n) is 11.1. The molecule has 3 fully saturated rings. The van der Waals surface area contributed by atoms with Gasteiger partial charge in [-0.3, -0.25) is 4.79 Å². The van der Waals surface area contributed by atoms with Crippen molar-refractivity contribution in [2.45, 2.75) is 77.0 Å². The van der Waals surface area contributed by atoms with Crippen LogP contribution in [-0.2, 0) is 9.53 Å². The average Bonchev–Trinajstić information content (AvgIpc) is 3.30. The smallest absolute Gasteiger partial charge is 0.408 e. The molecule has 40 heavy (non-hydrogen) atoms. The Morgan fingerprint density at radius 2 is 1.65 bits per heavy atom. The van der Waals surface area contributed by atoms with Gasteiger partial charge in [0, 0.05) is 30.0 Å². The van der Waals surface area contributed by atoms with Crippen molar-refractivity contribution in [3.8, 4) is 0 Å². The van der Waals surface area contributed by atoms with Gasteiger partial charge in [-0.15, -0.1) is 0 Å². The summed E-state index contributed by atoms with van der Waals surface area (Å²) in [5.41, 5.74) is 2.77. The van der Waals surface area contributed by atoms with Crippen molar-refractivity contribution in [1.82, 2.24) is 10.2 Å². The van der Waals surface area contributed by atoms with Crippen LogP contribution >= 0.6 is 0 Å². The highest BCUT2D eigenvalue weighted by molar-refractivity contribution is 5.79. The summed E-state index contributed by atoms with van der Waals surface area (Å²) in [6.45, 7) is 4.70. The van der Waals surface area contributed by atoms with Crippen molar-refractivity contribution in [2.24, 2.45) is 28.6 Å². The molecule has 0 radical (unpaired) electrons. The molecule has 4 aliphatic rings. The molecule has 2 saturated carbocycles. The summed E-state index contributed by atoms with van der Waals surface area (Å²) in [7, 11) is 1.94. The molecule has 2 amide bonds. The number of benzene rings is 2. The molecule has 6 rings (SSSR count). The van der Waals surface area contributed by atoms with Crippen LogP contribution in [0.5, 0.6) is 0 Å². The number of likely N-dealkylation sites (tertiary alicyclic amines) is 1. The fourth-order valence-corrected chi connectivity index (χ4v) is 8.86. The number of carbonyl (C=O) groups is 2. The predicted molar refractivity (Wildman–Crippen MR) is 154 cm³/mol. The maximum atomic E-state index is 13.4. The number of nitrogens with zero attached hydrogens (tertiary/aromatic N) is 1. The van der Waals surface area contributed by atoms with E-state index in [1.54, 1.807) is 0 Å². The van der Waals surface area contributed by atoms with Crippen molar-refractivity contribution in [2.75, 3.05) is 7.05 Å². The number of carbonyl (C=O) groups excluding carboxylic acids is 2. The number of nitrogens with one attached hydrogen (secondary N) is 1. The lowest BCUT2D eigenvalue weighted by atomic mass is 9.49. The summed E-state index contributed by atoms with van der Waals surface area (Å²) in [5, 5.41) is 14.3. The minimum absolute atomic E-state index is 0.0414. The molecule has 1 heterocycles. The number of ether oxygens (including phenoxy) is 1. The van der Waals surface area contributed by atoms with Gasteiger partial charge < -0.3 is 20.1 Å². The van der Waals surface area contributed by atoms with Crippen LogP contribution in [0.25, 0.3) is 0 Å². The van der Waals surface area contributed by atoms with E-state index in [-0.39, 0.29) is 22.8 Å². The molecule has 2 aromatic rings. The van der Waals surface area contributed by atoms with Crippen LogP contribution in [0.4, 0.5) is 4.79 Å². The van der Waals surface area contributed by atoms with E-state index in [1.807, 2.05) is 72.6 Å². The fourth-order valence-electron chi connectivity index (χ4n) is 8.86. The van der Waals surface area contributed by atoms with Gasteiger partial charge in [0.1, 0.15) is 12.2 Å². The number of aliphatic hydroxyl groups is 1. The third-order valence-corrected chi connectivity index (χ3v) is 11.1. The summed E-state index contributed by atoms with van der Waals surface area (Å²) in [4.78, 5) is 27.8. The lowest BCUT2D eigenvalue weighted by Gasteiger charge is -2.58. The molecule has 0 bridgehead atoms. The van der Waals surface area contributed by atoms with Gasteiger partial charge in [-0.05, 0) is 67.4 Å². The number of rotatable bonds is 5. The SMILES string of the molecule is CN1C(=O)CC[C@@]2(C)C1=CC[C@H]1[C@@H]3CC[C@H](OC(=O)NC(c4ccccc4)C(O)c4ccccc4)[C@@]3(C)CC[C@@H]12. The second kappa shape index (κ2) is 10.4.